The van der Waals surface area contributed by atoms with Crippen LogP contribution in [-0.2, 0) is 32.8 Å². The lowest BCUT2D eigenvalue weighted by atomic mass is 10.3. The molecule has 3 rings (SSSR count). The molecule has 0 bridgehead atoms. The summed E-state index contributed by atoms with van der Waals surface area (Å²) in [5.41, 5.74) is 5.43. The predicted octanol–water partition coefficient (Wildman–Crippen LogP) is 0.802. The van der Waals surface area contributed by atoms with Gasteiger partial charge < -0.3 is 5.73 Å². The van der Waals surface area contributed by atoms with Gasteiger partial charge in [-0.2, -0.15) is 5.10 Å². The number of rotatable bonds is 6. The molecule has 1 fully saturated rings. The van der Waals surface area contributed by atoms with Crippen LogP contribution in [-0.4, -0.2) is 61.1 Å². The molecule has 0 spiro atoms. The Morgan fingerprint density at radius 2 is 2.17 bits per heavy atom. The summed E-state index contributed by atoms with van der Waals surface area (Å²) >= 11 is 1.54. The zero-order valence-electron chi connectivity index (χ0n) is 16.2. The maximum Gasteiger partial charge on any atom is 0.346 e. The van der Waals surface area contributed by atoms with Crippen LogP contribution in [0.2, 0.25) is 0 Å². The molecule has 0 atom stereocenters. The molecule has 0 saturated carbocycles. The molecule has 0 amide bonds. The van der Waals surface area contributed by atoms with E-state index in [9.17, 15) is 13.4 Å². The summed E-state index contributed by atoms with van der Waals surface area (Å²) in [6, 6.07) is 3.89. The minimum atomic E-state index is -0.306. The lowest BCUT2D eigenvalue weighted by Crippen LogP contribution is -2.37. The first-order valence-corrected chi connectivity index (χ1v) is 12.6. The third-order valence-corrected chi connectivity index (χ3v) is 8.47. The van der Waals surface area contributed by atoms with Gasteiger partial charge in [0.25, 0.3) is 0 Å². The van der Waals surface area contributed by atoms with Crippen LogP contribution in [0.1, 0.15) is 9.75 Å². The standard InChI is InChI=1S/C18H22FN5O2S3.ClH/c19-10-15(11-20)12-24-18(25)23(14-21-24)13-17-4-3-16(27-17)2-1-5-22-6-8-29(28-26)9-7-22;/h3-4,10,14H,5-9,11-13,20H2;1H/b15-10+;. The van der Waals surface area contributed by atoms with Gasteiger partial charge in [-0.3, -0.25) is 9.47 Å². The number of thiophene rings is 1. The van der Waals surface area contributed by atoms with E-state index in [1.54, 1.807) is 0 Å². The minimum absolute atomic E-state index is 0. The Kier molecular flexibility index (Phi) is 10.2. The van der Waals surface area contributed by atoms with E-state index in [1.807, 2.05) is 12.1 Å². The van der Waals surface area contributed by atoms with Crippen LogP contribution >= 0.6 is 23.7 Å². The summed E-state index contributed by atoms with van der Waals surface area (Å²) in [5.74, 6) is 8.28. The molecule has 3 heterocycles. The Morgan fingerprint density at radius 3 is 2.83 bits per heavy atom. The van der Waals surface area contributed by atoms with Crippen molar-refractivity contribution in [1.29, 1.82) is 0 Å². The number of nitrogens with zero attached hydrogens (tertiary/aromatic N) is 4. The molecule has 0 unspecified atom stereocenters. The summed E-state index contributed by atoms with van der Waals surface area (Å²) < 4.78 is 26.2. The molecule has 2 aromatic heterocycles. The SMILES string of the molecule is Cl.NC/C(=C\F)Cn1ncn(Cc2ccc(C#CCN3CCS(=S=O)CC3)s2)c1=O. The van der Waals surface area contributed by atoms with Crippen LogP contribution in [0.25, 0.3) is 0 Å². The maximum atomic E-state index is 12.7. The summed E-state index contributed by atoms with van der Waals surface area (Å²) in [6.07, 6.45) is 1.87. The normalized spacial score (nSPS) is 15.3. The molecule has 2 N–H and O–H groups in total. The van der Waals surface area contributed by atoms with Crippen LogP contribution in [0, 0.1) is 11.8 Å². The third kappa shape index (κ3) is 6.73. The fraction of sp³-hybridized carbons (Fsp3) is 0.444. The van der Waals surface area contributed by atoms with Crippen LogP contribution in [0.5, 0.6) is 0 Å². The molecular formula is C18H23ClFN5O2S3. The molecule has 0 radical (unpaired) electrons. The van der Waals surface area contributed by atoms with Gasteiger partial charge in [0.1, 0.15) is 16.6 Å². The first kappa shape index (κ1) is 24.7. The number of halogens is 2. The minimum Gasteiger partial charge on any atom is -0.327 e. The van der Waals surface area contributed by atoms with E-state index in [0.717, 1.165) is 44.6 Å². The van der Waals surface area contributed by atoms with E-state index in [4.69, 9.17) is 5.73 Å². The molecule has 1 saturated heterocycles. The van der Waals surface area contributed by atoms with Crippen molar-refractivity contribution in [3.63, 3.8) is 0 Å². The van der Waals surface area contributed by atoms with Crippen molar-refractivity contribution in [3.8, 4) is 11.8 Å². The van der Waals surface area contributed by atoms with E-state index in [2.05, 4.69) is 21.8 Å². The summed E-state index contributed by atoms with van der Waals surface area (Å²) in [6.45, 7) is 3.04. The van der Waals surface area contributed by atoms with E-state index in [1.165, 1.54) is 26.9 Å². The molecule has 0 aromatic carbocycles. The highest BCUT2D eigenvalue weighted by Crippen LogP contribution is 2.16. The lowest BCUT2D eigenvalue weighted by molar-refractivity contribution is 0.340. The van der Waals surface area contributed by atoms with Gasteiger partial charge in [0.15, 0.2) is 0 Å². The Morgan fingerprint density at radius 1 is 1.40 bits per heavy atom. The number of nitrogens with two attached hydrogens (primary N) is 1. The smallest absolute Gasteiger partial charge is 0.327 e. The molecule has 0 aliphatic carbocycles. The zero-order chi connectivity index (χ0) is 20.6. The Bertz CT molecular complexity index is 1050. The van der Waals surface area contributed by atoms with Gasteiger partial charge in [-0.1, -0.05) is 21.3 Å². The first-order chi connectivity index (χ1) is 14.1. The van der Waals surface area contributed by atoms with E-state index in [-0.39, 0.29) is 40.6 Å². The van der Waals surface area contributed by atoms with Gasteiger partial charge in [-0.05, 0) is 17.7 Å². The highest BCUT2D eigenvalue weighted by atomic mass is 35.5. The molecule has 30 heavy (non-hydrogen) atoms. The second-order valence-corrected chi connectivity index (χ2v) is 11.3. The Labute approximate surface area is 189 Å². The van der Waals surface area contributed by atoms with Crippen LogP contribution in [0.15, 0.2) is 35.2 Å². The Hall–Kier alpha value is -1.55. The monoisotopic (exact) mass is 491 g/mol. The van der Waals surface area contributed by atoms with Gasteiger partial charge in [0, 0.05) is 36.0 Å². The maximum absolute atomic E-state index is 12.7. The predicted molar refractivity (Wildman–Crippen MR) is 124 cm³/mol. The van der Waals surface area contributed by atoms with Gasteiger partial charge in [0.05, 0.1) is 30.8 Å². The quantitative estimate of drug-likeness (QED) is 0.604. The number of hydrogen-bond acceptors (Lipinski definition) is 6. The Balaban J connectivity index is 0.00000320. The van der Waals surface area contributed by atoms with Gasteiger partial charge in [-0.25, -0.2) is 18.1 Å². The fourth-order valence-corrected chi connectivity index (χ4v) is 5.76. The highest BCUT2D eigenvalue weighted by molar-refractivity contribution is 8.31. The number of hydrogen-bond donors (Lipinski definition) is 1. The first-order valence-electron chi connectivity index (χ1n) is 9.01. The van der Waals surface area contributed by atoms with Crippen molar-refractivity contribution in [3.05, 3.63) is 50.6 Å². The van der Waals surface area contributed by atoms with Crippen molar-refractivity contribution < 1.29 is 8.60 Å². The van der Waals surface area contributed by atoms with Crippen LogP contribution in [0.4, 0.5) is 4.39 Å². The van der Waals surface area contributed by atoms with E-state index in [0.29, 0.717) is 25.0 Å². The van der Waals surface area contributed by atoms with Gasteiger partial charge in [0.2, 0.25) is 0 Å². The van der Waals surface area contributed by atoms with Crippen molar-refractivity contribution in [1.82, 2.24) is 19.2 Å². The van der Waals surface area contributed by atoms with Crippen molar-refractivity contribution in [2.24, 2.45) is 5.73 Å². The second-order valence-electron chi connectivity index (χ2n) is 6.43. The van der Waals surface area contributed by atoms with Crippen molar-refractivity contribution in [2.45, 2.75) is 13.1 Å². The van der Waals surface area contributed by atoms with Crippen LogP contribution in [0.3, 0.4) is 0 Å². The lowest BCUT2D eigenvalue weighted by Gasteiger charge is -2.24. The topological polar surface area (TPSA) is 86.2 Å². The summed E-state index contributed by atoms with van der Waals surface area (Å²) in [7, 11) is 0.717. The second kappa shape index (κ2) is 12.3. The molecule has 1 aliphatic rings. The molecule has 12 heteroatoms. The van der Waals surface area contributed by atoms with Gasteiger partial charge >= 0.3 is 5.69 Å². The summed E-state index contributed by atoms with van der Waals surface area (Å²) in [4.78, 5) is 16.6. The van der Waals surface area contributed by atoms with E-state index >= 15 is 0 Å². The molecular weight excluding hydrogens is 469 g/mol. The average Bonchev–Trinajstić information content (AvgIpc) is 3.34. The van der Waals surface area contributed by atoms with Crippen molar-refractivity contribution in [2.75, 3.05) is 37.7 Å². The fourth-order valence-electron chi connectivity index (χ4n) is 2.76. The number of aromatic nitrogens is 3. The average molecular weight is 492 g/mol. The highest BCUT2D eigenvalue weighted by Gasteiger charge is 2.12. The van der Waals surface area contributed by atoms with E-state index < -0.39 is 0 Å². The van der Waals surface area contributed by atoms with Gasteiger partial charge in [-0.15, -0.1) is 23.7 Å². The molecule has 7 nitrogen and oxygen atoms in total. The molecule has 164 valence electrons. The molecule has 1 aliphatic heterocycles. The largest absolute Gasteiger partial charge is 0.346 e. The third-order valence-electron chi connectivity index (χ3n) is 4.43. The zero-order valence-corrected chi connectivity index (χ0v) is 19.4. The summed E-state index contributed by atoms with van der Waals surface area (Å²) in [5, 5.41) is 4.02. The van der Waals surface area contributed by atoms with Crippen molar-refractivity contribution >= 4 is 43.4 Å². The van der Waals surface area contributed by atoms with Crippen LogP contribution < -0.4 is 11.4 Å². The molecule has 2 aromatic rings.